The molecular formula is C32H32N5O+. The summed E-state index contributed by atoms with van der Waals surface area (Å²) in [6.45, 7) is 10.8. The molecule has 190 valence electrons. The number of imidazole rings is 2. The van der Waals surface area contributed by atoms with Crippen LogP contribution in [0.2, 0.25) is 0 Å². The lowest BCUT2D eigenvalue weighted by molar-refractivity contribution is -0.645. The number of benzene rings is 2. The fourth-order valence-corrected chi connectivity index (χ4v) is 4.99. The third-order valence-corrected chi connectivity index (χ3v) is 7.19. The molecule has 0 atom stereocenters. The van der Waals surface area contributed by atoms with Gasteiger partial charge in [0.25, 0.3) is 0 Å². The Bertz CT molecular complexity index is 1820. The molecule has 0 N–H and O–H groups in total. The van der Waals surface area contributed by atoms with E-state index in [1.807, 2.05) is 31.3 Å². The van der Waals surface area contributed by atoms with Crippen molar-refractivity contribution in [1.82, 2.24) is 18.9 Å². The van der Waals surface area contributed by atoms with Crippen LogP contribution in [0.25, 0.3) is 33.8 Å². The topological polar surface area (TPSA) is 48.2 Å². The Morgan fingerprint density at radius 3 is 2.50 bits per heavy atom. The first-order valence-corrected chi connectivity index (χ1v) is 12.9. The van der Waals surface area contributed by atoms with Crippen molar-refractivity contribution in [3.05, 3.63) is 102 Å². The molecule has 6 aromatic rings. The lowest BCUT2D eigenvalue weighted by Gasteiger charge is -2.20. The Hall–Kier alpha value is -4.45. The van der Waals surface area contributed by atoms with Crippen molar-refractivity contribution in [2.24, 2.45) is 7.05 Å². The van der Waals surface area contributed by atoms with Crippen molar-refractivity contribution >= 4 is 16.7 Å². The molecule has 6 nitrogen and oxygen atoms in total. The fraction of sp³-hybridized carbons (Fsp3) is 0.219. The molecule has 6 heteroatoms. The average Bonchev–Trinajstić information content (AvgIpc) is 3.39. The van der Waals surface area contributed by atoms with Gasteiger partial charge in [-0.05, 0) is 61.2 Å². The molecule has 0 fully saturated rings. The number of hydrogen-bond acceptors (Lipinski definition) is 3. The summed E-state index contributed by atoms with van der Waals surface area (Å²) in [4.78, 5) is 9.57. The summed E-state index contributed by atoms with van der Waals surface area (Å²) in [6.07, 6.45) is 3.98. The van der Waals surface area contributed by atoms with E-state index in [9.17, 15) is 0 Å². The molecule has 38 heavy (non-hydrogen) atoms. The smallest absolute Gasteiger partial charge is 0.249 e. The Labute approximate surface area is 222 Å². The number of nitrogens with zero attached hydrogens (tertiary/aromatic N) is 5. The minimum Gasteiger partial charge on any atom is -0.457 e. The van der Waals surface area contributed by atoms with Crippen LogP contribution < -0.4 is 9.30 Å². The van der Waals surface area contributed by atoms with E-state index in [1.54, 1.807) is 0 Å². The van der Waals surface area contributed by atoms with Gasteiger partial charge in [-0.1, -0.05) is 39.0 Å². The maximum Gasteiger partial charge on any atom is 0.249 e. The summed E-state index contributed by atoms with van der Waals surface area (Å²) in [5.41, 5.74) is 9.38. The van der Waals surface area contributed by atoms with E-state index in [2.05, 4.69) is 109 Å². The van der Waals surface area contributed by atoms with Crippen LogP contribution in [0.3, 0.4) is 0 Å². The van der Waals surface area contributed by atoms with Crippen LogP contribution in [-0.2, 0) is 12.5 Å². The highest BCUT2D eigenvalue weighted by Gasteiger charge is 2.19. The lowest BCUT2D eigenvalue weighted by atomic mass is 9.87. The maximum absolute atomic E-state index is 6.48. The van der Waals surface area contributed by atoms with Crippen molar-refractivity contribution < 1.29 is 9.30 Å². The molecule has 6 rings (SSSR count). The second-order valence-electron chi connectivity index (χ2n) is 10.9. The van der Waals surface area contributed by atoms with Crippen molar-refractivity contribution in [1.29, 1.82) is 0 Å². The highest BCUT2D eigenvalue weighted by atomic mass is 16.5. The van der Waals surface area contributed by atoms with E-state index >= 15 is 0 Å². The summed E-state index contributed by atoms with van der Waals surface area (Å²) < 4.78 is 13.0. The van der Waals surface area contributed by atoms with Gasteiger partial charge < -0.3 is 4.74 Å². The molecule has 0 radical (unpaired) electrons. The average molecular weight is 503 g/mol. The summed E-state index contributed by atoms with van der Waals surface area (Å²) in [7, 11) is 2.06. The van der Waals surface area contributed by atoms with Crippen LogP contribution in [0.1, 0.15) is 37.7 Å². The molecule has 0 saturated carbocycles. The lowest BCUT2D eigenvalue weighted by Crippen LogP contribution is -2.25. The first-order valence-electron chi connectivity index (χ1n) is 12.9. The van der Waals surface area contributed by atoms with Crippen LogP contribution in [0, 0.1) is 13.8 Å². The molecule has 0 bridgehead atoms. The van der Waals surface area contributed by atoms with Gasteiger partial charge >= 0.3 is 0 Å². The van der Waals surface area contributed by atoms with Crippen LogP contribution in [0.15, 0.2) is 85.3 Å². The second-order valence-corrected chi connectivity index (χ2v) is 10.9. The van der Waals surface area contributed by atoms with Crippen LogP contribution in [-0.4, -0.2) is 18.9 Å². The Morgan fingerprint density at radius 1 is 0.868 bits per heavy atom. The molecular weight excluding hydrogens is 470 g/mol. The number of para-hydroxylation sites is 2. The number of ether oxygens (including phenoxy) is 1. The van der Waals surface area contributed by atoms with E-state index in [0.29, 0.717) is 0 Å². The molecule has 0 spiro atoms. The fourth-order valence-electron chi connectivity index (χ4n) is 4.99. The van der Waals surface area contributed by atoms with Crippen molar-refractivity contribution in [2.45, 2.75) is 40.0 Å². The molecule has 0 aliphatic rings. The standard InChI is InChI=1S/C32H32N5O/c1-21-22(2)37-30(27-16-23(14-15-33-27)32(3,4)5)18-26(19-31(37)34-21)38-25-11-9-10-24(17-25)36-20-35(6)28-12-7-8-13-29(28)36/h7-20H,1-6H3/q+1. The number of pyridine rings is 2. The van der Waals surface area contributed by atoms with E-state index < -0.39 is 0 Å². The number of hydrogen-bond donors (Lipinski definition) is 0. The summed E-state index contributed by atoms with van der Waals surface area (Å²) >= 11 is 0. The number of fused-ring (bicyclic) bond motifs is 2. The Morgan fingerprint density at radius 2 is 1.68 bits per heavy atom. The summed E-state index contributed by atoms with van der Waals surface area (Å²) in [5.74, 6) is 1.48. The zero-order valence-electron chi connectivity index (χ0n) is 22.7. The third-order valence-electron chi connectivity index (χ3n) is 7.19. The van der Waals surface area contributed by atoms with Crippen molar-refractivity contribution in [2.75, 3.05) is 0 Å². The largest absolute Gasteiger partial charge is 0.457 e. The Balaban J connectivity index is 1.44. The van der Waals surface area contributed by atoms with Crippen molar-refractivity contribution in [3.63, 3.8) is 0 Å². The molecule has 0 unspecified atom stereocenters. The minimum absolute atomic E-state index is 0.0184. The molecule has 0 saturated heterocycles. The van der Waals surface area contributed by atoms with Gasteiger partial charge in [-0.15, -0.1) is 0 Å². The van der Waals surface area contributed by atoms with Crippen LogP contribution in [0.5, 0.6) is 11.5 Å². The third kappa shape index (κ3) is 4.12. The SMILES string of the molecule is Cc1nc2cc(Oc3cccc(-n4c[n+](C)c5ccccc54)c3)cc(-c3cc(C(C)(C)C)ccn3)n2c1C. The van der Waals surface area contributed by atoms with E-state index in [4.69, 9.17) is 14.7 Å². The van der Waals surface area contributed by atoms with Gasteiger partial charge in [-0.2, -0.15) is 4.57 Å². The molecule has 0 amide bonds. The van der Waals surface area contributed by atoms with Gasteiger partial charge in [0, 0.05) is 30.1 Å². The van der Waals surface area contributed by atoms with Gasteiger partial charge in [-0.3, -0.25) is 9.38 Å². The molecule has 2 aromatic carbocycles. The molecule has 0 aliphatic carbocycles. The summed E-state index contributed by atoms with van der Waals surface area (Å²) in [5, 5.41) is 0. The van der Waals surface area contributed by atoms with Gasteiger partial charge in [0.2, 0.25) is 6.33 Å². The maximum atomic E-state index is 6.48. The minimum atomic E-state index is 0.0184. The normalized spacial score (nSPS) is 11.9. The van der Waals surface area contributed by atoms with Crippen molar-refractivity contribution in [3.8, 4) is 28.6 Å². The van der Waals surface area contributed by atoms with Gasteiger partial charge in [0.15, 0.2) is 11.0 Å². The van der Waals surface area contributed by atoms with Crippen LogP contribution in [0.4, 0.5) is 0 Å². The number of aryl methyl sites for hydroxylation is 3. The monoisotopic (exact) mass is 502 g/mol. The highest BCUT2D eigenvalue weighted by molar-refractivity contribution is 5.74. The van der Waals surface area contributed by atoms with E-state index in [-0.39, 0.29) is 5.41 Å². The first kappa shape index (κ1) is 23.9. The predicted octanol–water partition coefficient (Wildman–Crippen LogP) is 6.87. The molecule has 4 aromatic heterocycles. The van der Waals surface area contributed by atoms with Crippen LogP contribution >= 0.6 is 0 Å². The number of aromatic nitrogens is 5. The van der Waals surface area contributed by atoms with Gasteiger partial charge in [0.1, 0.15) is 22.8 Å². The van der Waals surface area contributed by atoms with E-state index in [0.717, 1.165) is 51.1 Å². The number of rotatable bonds is 4. The zero-order chi connectivity index (χ0) is 26.6. The molecule has 0 aliphatic heterocycles. The quantitative estimate of drug-likeness (QED) is 0.247. The van der Waals surface area contributed by atoms with Gasteiger partial charge in [-0.25, -0.2) is 9.55 Å². The predicted molar refractivity (Wildman–Crippen MR) is 151 cm³/mol. The van der Waals surface area contributed by atoms with Gasteiger partial charge in [0.05, 0.1) is 24.1 Å². The van der Waals surface area contributed by atoms with E-state index in [1.165, 1.54) is 11.1 Å². The molecule has 4 heterocycles. The highest BCUT2D eigenvalue weighted by Crippen LogP contribution is 2.33. The zero-order valence-corrected chi connectivity index (χ0v) is 22.7. The second kappa shape index (κ2) is 8.84. The summed E-state index contributed by atoms with van der Waals surface area (Å²) in [6, 6.07) is 24.9. The Kier molecular flexibility index (Phi) is 5.56. The first-order chi connectivity index (χ1) is 18.2.